The number of carboxylic acid groups (broad SMARTS) is 1. The molecule has 4 aromatic heterocycles. The lowest BCUT2D eigenvalue weighted by atomic mass is 10.0. The number of aliphatic carboxylic acids is 1. The number of benzene rings is 1. The third-order valence-electron chi connectivity index (χ3n) is 5.58. The highest BCUT2D eigenvalue weighted by Gasteiger charge is 2.38. The summed E-state index contributed by atoms with van der Waals surface area (Å²) in [5.74, 6) is -2.56. The van der Waals surface area contributed by atoms with E-state index >= 15 is 0 Å². The van der Waals surface area contributed by atoms with E-state index in [0.29, 0.717) is 12.3 Å². The van der Waals surface area contributed by atoms with Crippen LogP contribution in [0.15, 0.2) is 61.2 Å². The highest BCUT2D eigenvalue weighted by Crippen LogP contribution is 2.36. The van der Waals surface area contributed by atoms with Crippen LogP contribution in [-0.4, -0.2) is 54.5 Å². The Balaban J connectivity index is 0.000000426. The SMILES string of the molecule is Cn1cc(-c2cc(C(N)=O)nc3[nH]ncc23)c2cc(OCCc3ccncc3)ccc21.O=C(O)C(F)(F)F. The highest BCUT2D eigenvalue weighted by atomic mass is 19.4. The van der Waals surface area contributed by atoms with E-state index < -0.39 is 18.1 Å². The first-order valence-corrected chi connectivity index (χ1v) is 11.1. The number of hydrogen-bond donors (Lipinski definition) is 3. The van der Waals surface area contributed by atoms with Crippen molar-refractivity contribution >= 4 is 33.8 Å². The Morgan fingerprint density at radius 1 is 1.11 bits per heavy atom. The number of alkyl halides is 3. The minimum absolute atomic E-state index is 0.188. The minimum atomic E-state index is -5.08. The number of nitrogens with zero attached hydrogens (tertiary/aromatic N) is 4. The van der Waals surface area contributed by atoms with Crippen LogP contribution < -0.4 is 10.5 Å². The molecular formula is C25H21F3N6O4. The maximum Gasteiger partial charge on any atom is 0.490 e. The number of nitrogens with one attached hydrogen (secondary N) is 1. The number of carbonyl (C=O) groups excluding carboxylic acids is 1. The summed E-state index contributed by atoms with van der Waals surface area (Å²) in [7, 11) is 1.98. The zero-order chi connectivity index (χ0) is 27.4. The molecule has 0 aliphatic carbocycles. The predicted octanol–water partition coefficient (Wildman–Crippen LogP) is 3.87. The van der Waals surface area contributed by atoms with Gasteiger partial charge in [0.25, 0.3) is 5.91 Å². The standard InChI is InChI=1S/C23H20N6O2.C2HF3O2/c1-29-13-19(16-11-20(22(24)30)27-23-18(16)12-26-28-23)17-10-15(2-3-21(17)29)31-9-6-14-4-7-25-8-5-14;3-2(4,5)1(6)7/h2-5,7-8,10-13H,6,9H2,1H3,(H2,24,30)(H,26,27,28);(H,6,7). The Kier molecular flexibility index (Phi) is 7.28. The number of nitrogens with two attached hydrogens (primary N) is 1. The number of amides is 1. The fraction of sp³-hybridized carbons (Fsp3) is 0.160. The molecule has 0 unspecified atom stereocenters. The number of carbonyl (C=O) groups is 2. The normalized spacial score (nSPS) is 11.3. The molecule has 0 saturated carbocycles. The molecule has 0 spiro atoms. The Hall–Kier alpha value is -4.94. The number of halogens is 3. The average Bonchev–Trinajstić information content (AvgIpc) is 3.48. The maximum atomic E-state index is 11.8. The molecule has 0 aliphatic heterocycles. The molecule has 196 valence electrons. The molecule has 0 bridgehead atoms. The van der Waals surface area contributed by atoms with E-state index in [1.165, 1.54) is 5.56 Å². The number of aromatic amines is 1. The van der Waals surface area contributed by atoms with Gasteiger partial charge < -0.3 is 20.1 Å². The van der Waals surface area contributed by atoms with Gasteiger partial charge in [-0.3, -0.25) is 14.9 Å². The van der Waals surface area contributed by atoms with Crippen LogP contribution in [-0.2, 0) is 18.3 Å². The molecule has 5 aromatic rings. The number of aromatic nitrogens is 5. The van der Waals surface area contributed by atoms with Crippen LogP contribution in [0.1, 0.15) is 16.1 Å². The monoisotopic (exact) mass is 526 g/mol. The van der Waals surface area contributed by atoms with Crippen LogP contribution in [0.3, 0.4) is 0 Å². The molecular weight excluding hydrogens is 505 g/mol. The van der Waals surface area contributed by atoms with E-state index in [-0.39, 0.29) is 5.69 Å². The highest BCUT2D eigenvalue weighted by molar-refractivity contribution is 6.06. The van der Waals surface area contributed by atoms with Gasteiger partial charge in [0.05, 0.1) is 12.8 Å². The third kappa shape index (κ3) is 5.72. The molecule has 4 N–H and O–H groups in total. The average molecular weight is 526 g/mol. The molecule has 4 heterocycles. The van der Waals surface area contributed by atoms with E-state index in [9.17, 15) is 18.0 Å². The van der Waals surface area contributed by atoms with Crippen molar-refractivity contribution < 1.29 is 32.6 Å². The van der Waals surface area contributed by atoms with Crippen molar-refractivity contribution in [3.05, 3.63) is 72.4 Å². The lowest BCUT2D eigenvalue weighted by Crippen LogP contribution is -2.21. The number of primary amides is 1. The molecule has 0 fully saturated rings. The Bertz CT molecular complexity index is 1610. The van der Waals surface area contributed by atoms with Crippen molar-refractivity contribution in [3.8, 4) is 16.9 Å². The second-order valence-electron chi connectivity index (χ2n) is 8.14. The van der Waals surface area contributed by atoms with Crippen molar-refractivity contribution in [3.63, 3.8) is 0 Å². The van der Waals surface area contributed by atoms with E-state index in [1.54, 1.807) is 24.7 Å². The van der Waals surface area contributed by atoms with Crippen LogP contribution in [0.5, 0.6) is 5.75 Å². The maximum absolute atomic E-state index is 11.8. The molecule has 38 heavy (non-hydrogen) atoms. The van der Waals surface area contributed by atoms with E-state index in [2.05, 4.69) is 20.2 Å². The minimum Gasteiger partial charge on any atom is -0.493 e. The Morgan fingerprint density at radius 2 is 1.82 bits per heavy atom. The number of carboxylic acids is 1. The third-order valence-corrected chi connectivity index (χ3v) is 5.58. The molecule has 0 atom stereocenters. The molecule has 10 nitrogen and oxygen atoms in total. The summed E-state index contributed by atoms with van der Waals surface area (Å²) in [6.07, 6.45) is 3.01. The fourth-order valence-corrected chi connectivity index (χ4v) is 3.79. The van der Waals surface area contributed by atoms with Crippen LogP contribution in [0.2, 0.25) is 0 Å². The lowest BCUT2D eigenvalue weighted by molar-refractivity contribution is -0.192. The Labute approximate surface area is 212 Å². The molecule has 13 heteroatoms. The number of aryl methyl sites for hydroxylation is 1. The largest absolute Gasteiger partial charge is 0.493 e. The topological polar surface area (TPSA) is 149 Å². The van der Waals surface area contributed by atoms with Crippen molar-refractivity contribution in [1.82, 2.24) is 24.7 Å². The fourth-order valence-electron chi connectivity index (χ4n) is 3.79. The van der Waals surface area contributed by atoms with Crippen molar-refractivity contribution in [2.24, 2.45) is 12.8 Å². The molecule has 0 radical (unpaired) electrons. The lowest BCUT2D eigenvalue weighted by Gasteiger charge is -2.08. The number of hydrogen-bond acceptors (Lipinski definition) is 6. The zero-order valence-electron chi connectivity index (χ0n) is 19.9. The van der Waals surface area contributed by atoms with Gasteiger partial charge in [0.1, 0.15) is 11.4 Å². The summed E-state index contributed by atoms with van der Waals surface area (Å²) in [6, 6.07) is 11.7. The Morgan fingerprint density at radius 3 is 2.47 bits per heavy atom. The second-order valence-corrected chi connectivity index (χ2v) is 8.14. The first kappa shape index (κ1) is 26.1. The summed E-state index contributed by atoms with van der Waals surface area (Å²) >= 11 is 0. The number of fused-ring (bicyclic) bond motifs is 2. The van der Waals surface area contributed by atoms with Crippen molar-refractivity contribution in [2.75, 3.05) is 6.61 Å². The van der Waals surface area contributed by atoms with Gasteiger partial charge >= 0.3 is 12.1 Å². The van der Waals surface area contributed by atoms with Crippen LogP contribution >= 0.6 is 0 Å². The summed E-state index contributed by atoms with van der Waals surface area (Å²) in [6.45, 7) is 0.560. The van der Waals surface area contributed by atoms with Crippen LogP contribution in [0.25, 0.3) is 33.1 Å². The van der Waals surface area contributed by atoms with Gasteiger partial charge in [0.2, 0.25) is 0 Å². The van der Waals surface area contributed by atoms with E-state index in [4.69, 9.17) is 20.4 Å². The van der Waals surface area contributed by atoms with Crippen molar-refractivity contribution in [1.29, 1.82) is 0 Å². The van der Waals surface area contributed by atoms with Gasteiger partial charge in [-0.15, -0.1) is 0 Å². The van der Waals surface area contributed by atoms with Crippen LogP contribution in [0.4, 0.5) is 13.2 Å². The van der Waals surface area contributed by atoms with Gasteiger partial charge in [-0.25, -0.2) is 9.78 Å². The van der Waals surface area contributed by atoms with Gasteiger partial charge in [-0.2, -0.15) is 18.3 Å². The molecule has 1 aromatic carbocycles. The molecule has 1 amide bonds. The quantitative estimate of drug-likeness (QED) is 0.304. The van der Waals surface area contributed by atoms with Crippen molar-refractivity contribution in [2.45, 2.75) is 12.6 Å². The zero-order valence-corrected chi connectivity index (χ0v) is 19.9. The number of pyridine rings is 2. The van der Waals surface area contributed by atoms with Gasteiger partial charge in [-0.1, -0.05) is 0 Å². The number of ether oxygens (including phenoxy) is 1. The van der Waals surface area contributed by atoms with Gasteiger partial charge in [-0.05, 0) is 47.5 Å². The smallest absolute Gasteiger partial charge is 0.490 e. The van der Waals surface area contributed by atoms with Gasteiger partial charge in [0, 0.05) is 53.9 Å². The first-order chi connectivity index (χ1) is 18.0. The molecule has 0 aliphatic rings. The van der Waals surface area contributed by atoms with E-state index in [1.807, 2.05) is 48.1 Å². The predicted molar refractivity (Wildman–Crippen MR) is 131 cm³/mol. The summed E-state index contributed by atoms with van der Waals surface area (Å²) < 4.78 is 39.8. The first-order valence-electron chi connectivity index (χ1n) is 11.1. The number of H-pyrrole nitrogens is 1. The summed E-state index contributed by atoms with van der Waals surface area (Å²) in [4.78, 5) is 29.0. The summed E-state index contributed by atoms with van der Waals surface area (Å²) in [5.41, 5.74) is 10.2. The molecule has 0 saturated heterocycles. The van der Waals surface area contributed by atoms with E-state index in [0.717, 1.165) is 39.6 Å². The molecule has 5 rings (SSSR count). The summed E-state index contributed by atoms with van der Waals surface area (Å²) in [5, 5.41) is 15.9. The van der Waals surface area contributed by atoms with Crippen LogP contribution in [0, 0.1) is 0 Å². The van der Waals surface area contributed by atoms with Gasteiger partial charge in [0.15, 0.2) is 5.65 Å². The second kappa shape index (κ2) is 10.6. The number of rotatable bonds is 6.